The molecule has 2 aromatic carbocycles. The highest BCUT2D eigenvalue weighted by atomic mass is 35.5. The molecule has 0 fully saturated rings. The van der Waals surface area contributed by atoms with Crippen LogP contribution in [0.3, 0.4) is 0 Å². The van der Waals surface area contributed by atoms with E-state index >= 15 is 0 Å². The largest absolute Gasteiger partial charge is 0.492 e. The van der Waals surface area contributed by atoms with Gasteiger partial charge in [-0.15, -0.1) is 0 Å². The van der Waals surface area contributed by atoms with E-state index in [0.29, 0.717) is 43.4 Å². The molecule has 0 bridgehead atoms. The van der Waals surface area contributed by atoms with E-state index in [4.69, 9.17) is 26.8 Å². The highest BCUT2D eigenvalue weighted by Gasteiger charge is 2.30. The summed E-state index contributed by atoms with van der Waals surface area (Å²) in [6.07, 6.45) is 5.90. The van der Waals surface area contributed by atoms with E-state index in [1.165, 1.54) is 0 Å². The Labute approximate surface area is 223 Å². The second-order valence-electron chi connectivity index (χ2n) is 9.36. The first-order chi connectivity index (χ1) is 17.9. The van der Waals surface area contributed by atoms with Crippen molar-refractivity contribution in [2.75, 3.05) is 37.4 Å². The molecule has 0 saturated carbocycles. The van der Waals surface area contributed by atoms with Crippen LogP contribution < -0.4 is 15.8 Å². The highest BCUT2D eigenvalue weighted by Crippen LogP contribution is 2.37. The highest BCUT2D eigenvalue weighted by molar-refractivity contribution is 6.30. The number of carbonyl (C=O) groups excluding carboxylic acids is 1. The smallest absolute Gasteiger partial charge is 0.410 e. The third-order valence-corrected chi connectivity index (χ3v) is 6.29. The Kier molecular flexibility index (Phi) is 8.90. The van der Waals surface area contributed by atoms with E-state index in [1.807, 2.05) is 62.4 Å². The van der Waals surface area contributed by atoms with E-state index in [9.17, 15) is 4.79 Å². The first-order valence-electron chi connectivity index (χ1n) is 12.5. The van der Waals surface area contributed by atoms with Crippen LogP contribution in [0.25, 0.3) is 5.57 Å². The molecule has 0 spiro atoms. The molecule has 1 aliphatic heterocycles. The lowest BCUT2D eigenvalue weighted by Gasteiger charge is -2.34. The van der Waals surface area contributed by atoms with Crippen molar-refractivity contribution >= 4 is 34.6 Å². The van der Waals surface area contributed by atoms with Crippen molar-refractivity contribution in [1.29, 1.82) is 0 Å². The molecule has 0 radical (unpaired) electrons. The number of rotatable bonds is 9. The third kappa shape index (κ3) is 7.17. The number of hydrogen-bond donors (Lipinski definition) is 2. The quantitative estimate of drug-likeness (QED) is 0.249. The van der Waals surface area contributed by atoms with Crippen molar-refractivity contribution < 1.29 is 14.3 Å². The van der Waals surface area contributed by atoms with Crippen molar-refractivity contribution in [3.8, 4) is 5.75 Å². The van der Waals surface area contributed by atoms with Crippen LogP contribution in [0.1, 0.15) is 37.4 Å². The zero-order chi connectivity index (χ0) is 26.2. The number of nitrogens with zero attached hydrogens (tertiary/aromatic N) is 2. The SMILES string of the molecule is CC(C)COC(=O)N1CCC(c2cc(Cl)ccc2N)=CC1c1ccc(OCCNc2ccncc2)cc1. The van der Waals surface area contributed by atoms with Crippen LogP contribution in [0.4, 0.5) is 16.2 Å². The Morgan fingerprint density at radius 1 is 1.16 bits per heavy atom. The fourth-order valence-corrected chi connectivity index (χ4v) is 4.34. The molecule has 0 aliphatic carbocycles. The first-order valence-corrected chi connectivity index (χ1v) is 12.8. The van der Waals surface area contributed by atoms with Gasteiger partial charge >= 0.3 is 6.09 Å². The lowest BCUT2D eigenvalue weighted by atomic mass is 9.91. The predicted molar refractivity (Wildman–Crippen MR) is 149 cm³/mol. The van der Waals surface area contributed by atoms with E-state index in [2.05, 4.69) is 16.4 Å². The number of amides is 1. The third-order valence-electron chi connectivity index (χ3n) is 6.05. The van der Waals surface area contributed by atoms with Gasteiger partial charge in [0.1, 0.15) is 12.4 Å². The summed E-state index contributed by atoms with van der Waals surface area (Å²) in [6.45, 7) is 6.10. The van der Waals surface area contributed by atoms with Gasteiger partial charge in [0.05, 0.1) is 12.6 Å². The summed E-state index contributed by atoms with van der Waals surface area (Å²) < 4.78 is 11.5. The van der Waals surface area contributed by atoms with Crippen LogP contribution >= 0.6 is 11.6 Å². The summed E-state index contributed by atoms with van der Waals surface area (Å²) >= 11 is 6.26. The molecule has 8 heteroatoms. The predicted octanol–water partition coefficient (Wildman–Crippen LogP) is 6.43. The van der Waals surface area contributed by atoms with Crippen molar-refractivity contribution in [3.05, 3.63) is 89.2 Å². The molecule has 2 heterocycles. The zero-order valence-corrected chi connectivity index (χ0v) is 21.9. The summed E-state index contributed by atoms with van der Waals surface area (Å²) in [4.78, 5) is 18.8. The topological polar surface area (TPSA) is 89.7 Å². The molecule has 1 atom stereocenters. The first kappa shape index (κ1) is 26.4. The molecule has 1 amide bonds. The second kappa shape index (κ2) is 12.5. The summed E-state index contributed by atoms with van der Waals surface area (Å²) in [7, 11) is 0. The van der Waals surface area contributed by atoms with Gasteiger partial charge in [0.15, 0.2) is 0 Å². The van der Waals surface area contributed by atoms with Gasteiger partial charge in [0.2, 0.25) is 0 Å². The minimum absolute atomic E-state index is 0.258. The Bertz CT molecular complexity index is 1220. The number of halogens is 1. The lowest BCUT2D eigenvalue weighted by molar-refractivity contribution is 0.0829. The van der Waals surface area contributed by atoms with Gasteiger partial charge < -0.3 is 20.5 Å². The van der Waals surface area contributed by atoms with Crippen LogP contribution in [0.2, 0.25) is 5.02 Å². The summed E-state index contributed by atoms with van der Waals surface area (Å²) in [5.74, 6) is 1.02. The molecule has 37 heavy (non-hydrogen) atoms. The molecule has 0 saturated heterocycles. The number of aromatic nitrogens is 1. The Morgan fingerprint density at radius 3 is 2.65 bits per heavy atom. The minimum atomic E-state index is -0.324. The lowest BCUT2D eigenvalue weighted by Crippen LogP contribution is -2.38. The second-order valence-corrected chi connectivity index (χ2v) is 9.80. The molecular weight excluding hydrogens is 488 g/mol. The van der Waals surface area contributed by atoms with Gasteiger partial charge in [-0.05, 0) is 65.9 Å². The van der Waals surface area contributed by atoms with Gasteiger partial charge in [-0.1, -0.05) is 43.7 Å². The van der Waals surface area contributed by atoms with Gasteiger partial charge in [-0.2, -0.15) is 0 Å². The molecule has 3 aromatic rings. The average molecular weight is 521 g/mol. The molecule has 1 aromatic heterocycles. The van der Waals surface area contributed by atoms with E-state index in [-0.39, 0.29) is 18.1 Å². The standard InChI is InChI=1S/C29H33ClN4O3/c1-20(2)19-37-29(35)34-15-11-22(26-18-23(30)5-8-27(26)31)17-28(34)21-3-6-25(7-4-21)36-16-14-33-24-9-12-32-13-10-24/h3-10,12-13,17-18,20,28H,11,14-16,19,31H2,1-2H3,(H,32,33). The van der Waals surface area contributed by atoms with Gasteiger partial charge in [0, 0.05) is 47.4 Å². The van der Waals surface area contributed by atoms with Crippen LogP contribution in [-0.4, -0.2) is 42.3 Å². The summed E-state index contributed by atoms with van der Waals surface area (Å²) in [6, 6.07) is 16.8. The Balaban J connectivity index is 1.50. The number of benzene rings is 2. The molecule has 194 valence electrons. The maximum absolute atomic E-state index is 13.0. The maximum Gasteiger partial charge on any atom is 0.410 e. The fraction of sp³-hybridized carbons (Fsp3) is 0.310. The van der Waals surface area contributed by atoms with Crippen molar-refractivity contribution in [2.45, 2.75) is 26.3 Å². The molecule has 7 nitrogen and oxygen atoms in total. The Hall–Kier alpha value is -3.71. The minimum Gasteiger partial charge on any atom is -0.492 e. The molecule has 4 rings (SSSR count). The van der Waals surface area contributed by atoms with Crippen LogP contribution in [0, 0.1) is 5.92 Å². The maximum atomic E-state index is 13.0. The molecular formula is C29H33ClN4O3. The van der Waals surface area contributed by atoms with Gasteiger partial charge in [0.25, 0.3) is 0 Å². The molecule has 3 N–H and O–H groups in total. The number of ether oxygens (including phenoxy) is 2. The summed E-state index contributed by atoms with van der Waals surface area (Å²) in [5, 5.41) is 3.92. The normalized spacial score (nSPS) is 15.3. The van der Waals surface area contributed by atoms with E-state index in [1.54, 1.807) is 23.4 Å². The monoisotopic (exact) mass is 520 g/mol. The number of nitrogens with one attached hydrogen (secondary N) is 1. The van der Waals surface area contributed by atoms with Crippen molar-refractivity contribution in [1.82, 2.24) is 9.88 Å². The van der Waals surface area contributed by atoms with E-state index < -0.39 is 0 Å². The van der Waals surface area contributed by atoms with Gasteiger partial charge in [-0.3, -0.25) is 9.88 Å². The zero-order valence-electron chi connectivity index (χ0n) is 21.2. The number of nitrogen functional groups attached to an aromatic ring is 1. The number of carbonyl (C=O) groups is 1. The van der Waals surface area contributed by atoms with Crippen molar-refractivity contribution in [2.24, 2.45) is 5.92 Å². The average Bonchev–Trinajstić information content (AvgIpc) is 2.91. The van der Waals surface area contributed by atoms with Crippen LogP contribution in [0.5, 0.6) is 5.75 Å². The fourth-order valence-electron chi connectivity index (χ4n) is 4.17. The van der Waals surface area contributed by atoms with Crippen LogP contribution in [-0.2, 0) is 4.74 Å². The van der Waals surface area contributed by atoms with E-state index in [0.717, 1.165) is 28.1 Å². The summed E-state index contributed by atoms with van der Waals surface area (Å²) in [5.41, 5.74) is 10.8. The molecule has 1 unspecified atom stereocenters. The number of pyridine rings is 1. The number of anilines is 2. The number of nitrogens with two attached hydrogens (primary N) is 1. The number of hydrogen-bond acceptors (Lipinski definition) is 6. The van der Waals surface area contributed by atoms with Crippen molar-refractivity contribution in [3.63, 3.8) is 0 Å². The van der Waals surface area contributed by atoms with Gasteiger partial charge in [-0.25, -0.2) is 4.79 Å². The van der Waals surface area contributed by atoms with Crippen LogP contribution in [0.15, 0.2) is 73.1 Å². The Morgan fingerprint density at radius 2 is 1.92 bits per heavy atom. The molecule has 1 aliphatic rings.